The molecule has 0 unspecified atom stereocenters. The summed E-state index contributed by atoms with van der Waals surface area (Å²) in [6, 6.07) is 11.9. The lowest BCUT2D eigenvalue weighted by Crippen LogP contribution is -2.43. The standard InChI is InChI=1S/C24H27N3O4/c28-24(25-16-21(22-6-3-11-30-22)27-9-12-29-13-10-27)20-15-23(31-26-20)19-8-7-17-4-1-2-5-18(17)14-19/h3,6-8,11,14-15,21H,1-2,4-5,9-10,12-13,16H2,(H,25,28)/t21-/m1/s1. The van der Waals surface area contributed by atoms with Crippen molar-refractivity contribution in [1.82, 2.24) is 15.4 Å². The summed E-state index contributed by atoms with van der Waals surface area (Å²) in [5.74, 6) is 1.20. The highest BCUT2D eigenvalue weighted by Crippen LogP contribution is 2.28. The summed E-state index contributed by atoms with van der Waals surface area (Å²) in [5.41, 5.74) is 4.04. The van der Waals surface area contributed by atoms with Crippen LogP contribution in [0.4, 0.5) is 0 Å². The molecular formula is C24H27N3O4. The fourth-order valence-corrected chi connectivity index (χ4v) is 4.46. The Morgan fingerprint density at radius 2 is 1.94 bits per heavy atom. The Morgan fingerprint density at radius 3 is 2.74 bits per heavy atom. The SMILES string of the molecule is O=C(NC[C@H](c1ccco1)N1CCOCC1)c1cc(-c2ccc3c(c2)CCCC3)on1. The minimum Gasteiger partial charge on any atom is -0.468 e. The molecule has 1 saturated heterocycles. The van der Waals surface area contributed by atoms with Crippen molar-refractivity contribution in [2.45, 2.75) is 31.7 Å². The first-order chi connectivity index (χ1) is 15.3. The van der Waals surface area contributed by atoms with Crippen LogP contribution in [0.25, 0.3) is 11.3 Å². The van der Waals surface area contributed by atoms with Crippen molar-refractivity contribution in [1.29, 1.82) is 0 Å². The molecule has 0 spiro atoms. The summed E-state index contributed by atoms with van der Waals surface area (Å²) in [6.07, 6.45) is 6.37. The minimum absolute atomic E-state index is 0.0464. The topological polar surface area (TPSA) is 80.7 Å². The third-order valence-electron chi connectivity index (χ3n) is 6.19. The van der Waals surface area contributed by atoms with Crippen LogP contribution in [0.3, 0.4) is 0 Å². The first-order valence-corrected chi connectivity index (χ1v) is 11.0. The molecule has 1 fully saturated rings. The normalized spacial score (nSPS) is 17.8. The predicted molar refractivity (Wildman–Crippen MR) is 115 cm³/mol. The van der Waals surface area contributed by atoms with Crippen LogP contribution in [-0.4, -0.2) is 48.8 Å². The molecule has 1 N–H and O–H groups in total. The van der Waals surface area contributed by atoms with E-state index >= 15 is 0 Å². The maximum Gasteiger partial charge on any atom is 0.273 e. The lowest BCUT2D eigenvalue weighted by Gasteiger charge is -2.33. The molecule has 31 heavy (non-hydrogen) atoms. The van der Waals surface area contributed by atoms with E-state index in [1.807, 2.05) is 12.1 Å². The number of benzene rings is 1. The monoisotopic (exact) mass is 421 g/mol. The van der Waals surface area contributed by atoms with Crippen LogP contribution < -0.4 is 5.32 Å². The third-order valence-corrected chi connectivity index (χ3v) is 6.19. The van der Waals surface area contributed by atoms with Gasteiger partial charge in [-0.2, -0.15) is 0 Å². The van der Waals surface area contributed by atoms with Crippen LogP contribution >= 0.6 is 0 Å². The molecule has 1 atom stereocenters. The van der Waals surface area contributed by atoms with Crippen LogP contribution in [0.5, 0.6) is 0 Å². The molecule has 1 amide bonds. The second-order valence-electron chi connectivity index (χ2n) is 8.16. The van der Waals surface area contributed by atoms with E-state index in [4.69, 9.17) is 13.7 Å². The van der Waals surface area contributed by atoms with E-state index in [-0.39, 0.29) is 17.6 Å². The molecule has 2 aliphatic rings. The highest BCUT2D eigenvalue weighted by atomic mass is 16.5. The smallest absolute Gasteiger partial charge is 0.273 e. The maximum atomic E-state index is 12.8. The molecule has 1 aliphatic carbocycles. The predicted octanol–water partition coefficient (Wildman–Crippen LogP) is 3.62. The van der Waals surface area contributed by atoms with Crippen molar-refractivity contribution >= 4 is 5.91 Å². The Balaban J connectivity index is 1.27. The van der Waals surface area contributed by atoms with Crippen molar-refractivity contribution in [2.24, 2.45) is 0 Å². The molecule has 1 aliphatic heterocycles. The van der Waals surface area contributed by atoms with Gasteiger partial charge in [-0.25, -0.2) is 0 Å². The maximum absolute atomic E-state index is 12.8. The van der Waals surface area contributed by atoms with Crippen molar-refractivity contribution < 1.29 is 18.5 Å². The molecule has 3 aromatic rings. The first kappa shape index (κ1) is 20.0. The largest absolute Gasteiger partial charge is 0.468 e. The van der Waals surface area contributed by atoms with Crippen LogP contribution in [0.1, 0.15) is 46.3 Å². The molecule has 0 radical (unpaired) electrons. The van der Waals surface area contributed by atoms with Gasteiger partial charge >= 0.3 is 0 Å². The zero-order valence-corrected chi connectivity index (χ0v) is 17.5. The van der Waals surface area contributed by atoms with E-state index in [1.54, 1.807) is 12.3 Å². The number of nitrogens with one attached hydrogen (secondary N) is 1. The number of carbonyl (C=O) groups is 1. The number of ether oxygens (including phenoxy) is 1. The van der Waals surface area contributed by atoms with Gasteiger partial charge in [0.2, 0.25) is 0 Å². The molecular weight excluding hydrogens is 394 g/mol. The number of hydrogen-bond donors (Lipinski definition) is 1. The van der Waals surface area contributed by atoms with Crippen LogP contribution in [0.15, 0.2) is 51.6 Å². The second kappa shape index (κ2) is 9.08. The lowest BCUT2D eigenvalue weighted by molar-refractivity contribution is 0.0118. The van der Waals surface area contributed by atoms with Gasteiger partial charge in [-0.3, -0.25) is 9.69 Å². The van der Waals surface area contributed by atoms with E-state index < -0.39 is 0 Å². The van der Waals surface area contributed by atoms with E-state index in [1.165, 1.54) is 24.0 Å². The van der Waals surface area contributed by atoms with Gasteiger partial charge in [0.25, 0.3) is 5.91 Å². The Bertz CT molecular complexity index is 1020. The van der Waals surface area contributed by atoms with E-state index in [0.717, 1.165) is 37.3 Å². The molecule has 0 bridgehead atoms. The highest BCUT2D eigenvalue weighted by molar-refractivity contribution is 5.93. The molecule has 1 aromatic carbocycles. The molecule has 162 valence electrons. The number of fused-ring (bicyclic) bond motifs is 1. The van der Waals surface area contributed by atoms with Gasteiger partial charge in [0.15, 0.2) is 11.5 Å². The number of rotatable bonds is 6. The van der Waals surface area contributed by atoms with Gasteiger partial charge in [0.1, 0.15) is 5.76 Å². The summed E-state index contributed by atoms with van der Waals surface area (Å²) >= 11 is 0. The molecule has 5 rings (SSSR count). The third kappa shape index (κ3) is 4.43. The lowest BCUT2D eigenvalue weighted by atomic mass is 9.90. The second-order valence-corrected chi connectivity index (χ2v) is 8.16. The van der Waals surface area contributed by atoms with Crippen LogP contribution in [-0.2, 0) is 17.6 Å². The zero-order chi connectivity index (χ0) is 21.0. The van der Waals surface area contributed by atoms with Crippen molar-refractivity contribution in [3.8, 4) is 11.3 Å². The van der Waals surface area contributed by atoms with Crippen LogP contribution in [0.2, 0.25) is 0 Å². The van der Waals surface area contributed by atoms with Gasteiger partial charge in [0.05, 0.1) is 25.5 Å². The number of amides is 1. The minimum atomic E-state index is -0.252. The Hall–Kier alpha value is -2.90. The highest BCUT2D eigenvalue weighted by Gasteiger charge is 2.26. The van der Waals surface area contributed by atoms with Gasteiger partial charge in [-0.1, -0.05) is 17.3 Å². The van der Waals surface area contributed by atoms with E-state index in [2.05, 4.69) is 33.6 Å². The Labute approximate surface area is 181 Å². The Kier molecular flexibility index (Phi) is 5.86. The van der Waals surface area contributed by atoms with Crippen molar-refractivity contribution in [3.63, 3.8) is 0 Å². The van der Waals surface area contributed by atoms with Crippen molar-refractivity contribution in [2.75, 3.05) is 32.8 Å². The van der Waals surface area contributed by atoms with Crippen molar-refractivity contribution in [3.05, 3.63) is 65.2 Å². The Morgan fingerprint density at radius 1 is 1.10 bits per heavy atom. The number of furan rings is 1. The number of aromatic nitrogens is 1. The molecule has 7 heteroatoms. The van der Waals surface area contributed by atoms with E-state index in [9.17, 15) is 4.79 Å². The quantitative estimate of drug-likeness (QED) is 0.655. The molecule has 2 aromatic heterocycles. The zero-order valence-electron chi connectivity index (χ0n) is 17.5. The molecule has 3 heterocycles. The summed E-state index contributed by atoms with van der Waals surface area (Å²) in [5, 5.41) is 7.01. The summed E-state index contributed by atoms with van der Waals surface area (Å²) < 4.78 is 16.6. The molecule has 0 saturated carbocycles. The number of nitrogens with zero attached hydrogens (tertiary/aromatic N) is 2. The number of aryl methyl sites for hydroxylation is 2. The molecule has 7 nitrogen and oxygen atoms in total. The van der Waals surface area contributed by atoms with E-state index in [0.29, 0.717) is 25.5 Å². The first-order valence-electron chi connectivity index (χ1n) is 11.0. The van der Waals surface area contributed by atoms with Crippen LogP contribution in [0, 0.1) is 0 Å². The van der Waals surface area contributed by atoms with Gasteiger partial charge in [-0.05, 0) is 55.0 Å². The summed E-state index contributed by atoms with van der Waals surface area (Å²) in [6.45, 7) is 3.38. The fraction of sp³-hybridized carbons (Fsp3) is 0.417. The van der Waals surface area contributed by atoms with Gasteiger partial charge < -0.3 is 19.0 Å². The van der Waals surface area contributed by atoms with Gasteiger partial charge in [-0.15, -0.1) is 0 Å². The number of hydrogen-bond acceptors (Lipinski definition) is 6. The van der Waals surface area contributed by atoms with Gasteiger partial charge in [0, 0.05) is 31.3 Å². The fourth-order valence-electron chi connectivity index (χ4n) is 4.46. The number of carbonyl (C=O) groups excluding carboxylic acids is 1. The summed E-state index contributed by atoms with van der Waals surface area (Å²) in [4.78, 5) is 15.0. The number of morpholine rings is 1. The average molecular weight is 421 g/mol. The summed E-state index contributed by atoms with van der Waals surface area (Å²) in [7, 11) is 0. The average Bonchev–Trinajstić information content (AvgIpc) is 3.52.